The summed E-state index contributed by atoms with van der Waals surface area (Å²) in [6, 6.07) is 31.6. The number of benzene rings is 4. The molecule has 9 heteroatoms. The van der Waals surface area contributed by atoms with Gasteiger partial charge in [0.25, 0.3) is 0 Å². The fraction of sp³-hybridized carbons (Fsp3) is 0.176. The van der Waals surface area contributed by atoms with Gasteiger partial charge in [-0.05, 0) is 35.4 Å². The fourth-order valence-corrected chi connectivity index (χ4v) is 3.87. The predicted octanol–water partition coefficient (Wildman–Crippen LogP) is 5.19. The quantitative estimate of drug-likeness (QED) is 0.185. The van der Waals surface area contributed by atoms with Gasteiger partial charge in [0.15, 0.2) is 12.1 Å². The molecule has 1 radical (unpaired) electrons. The van der Waals surface area contributed by atoms with Crippen LogP contribution in [0.3, 0.4) is 0 Å². The first-order valence-electron chi connectivity index (χ1n) is 13.3. The molecule has 2 atom stereocenters. The number of hydrogen-bond acceptors (Lipinski definition) is 8. The number of ether oxygens (including phenoxy) is 2. The molecule has 2 unspecified atom stereocenters. The summed E-state index contributed by atoms with van der Waals surface area (Å²) in [5, 5.41) is 19.4. The first-order valence-corrected chi connectivity index (χ1v) is 13.3. The molecule has 0 saturated heterocycles. The molecule has 2 N–H and O–H groups in total. The van der Waals surface area contributed by atoms with E-state index in [2.05, 4.69) is 9.98 Å². The minimum atomic E-state index is -0.628. The predicted molar refractivity (Wildman–Crippen MR) is 163 cm³/mol. The summed E-state index contributed by atoms with van der Waals surface area (Å²) >= 11 is 0. The summed E-state index contributed by atoms with van der Waals surface area (Å²) in [6.45, 7) is 0. The number of aromatic hydroxyl groups is 2. The van der Waals surface area contributed by atoms with Crippen molar-refractivity contribution >= 4 is 24.4 Å². The molecule has 43 heavy (non-hydrogen) atoms. The Hall–Kier alpha value is -4.73. The molecule has 0 fully saturated rings. The van der Waals surface area contributed by atoms with E-state index in [9.17, 15) is 19.8 Å². The Morgan fingerprint density at radius 2 is 0.930 bits per heavy atom. The van der Waals surface area contributed by atoms with Crippen LogP contribution in [0.1, 0.15) is 22.3 Å². The Kier molecular flexibility index (Phi) is 14.9. The molecule has 225 valence electrons. The van der Waals surface area contributed by atoms with Crippen LogP contribution in [-0.2, 0) is 48.7 Å². The number of phenols is 2. The standard InChI is InChI=1S/2C17H17NO3.Co/c2*1-21-17(20)15(11-13-7-3-2-4-8-13)18-12-14-9-5-6-10-16(14)19;/h2*2-10,12,15,19H,11H2,1H3;. The average Bonchev–Trinajstić information content (AvgIpc) is 3.03. The largest absolute Gasteiger partial charge is 0.507 e. The van der Waals surface area contributed by atoms with Crippen molar-refractivity contribution in [2.75, 3.05) is 14.2 Å². The topological polar surface area (TPSA) is 118 Å². The molecule has 0 spiro atoms. The number of carbonyl (C=O) groups is 2. The zero-order valence-corrected chi connectivity index (χ0v) is 24.9. The number of esters is 2. The molecule has 0 aromatic heterocycles. The second-order valence-electron chi connectivity index (χ2n) is 9.13. The van der Waals surface area contributed by atoms with Gasteiger partial charge in [0.05, 0.1) is 14.2 Å². The van der Waals surface area contributed by atoms with E-state index >= 15 is 0 Å². The van der Waals surface area contributed by atoms with Gasteiger partial charge in [-0.2, -0.15) is 0 Å². The van der Waals surface area contributed by atoms with E-state index in [0.717, 1.165) is 11.1 Å². The molecule has 0 aliphatic rings. The Morgan fingerprint density at radius 1 is 0.605 bits per heavy atom. The second-order valence-corrected chi connectivity index (χ2v) is 9.13. The van der Waals surface area contributed by atoms with Crippen LogP contribution in [-0.4, -0.2) is 60.9 Å². The second kappa shape index (κ2) is 18.6. The first-order chi connectivity index (χ1) is 20.4. The maximum absolute atomic E-state index is 11.8. The van der Waals surface area contributed by atoms with E-state index in [1.54, 1.807) is 48.5 Å². The third kappa shape index (κ3) is 11.6. The molecular weight excluding hydrogens is 591 g/mol. The molecule has 0 amide bonds. The average molecular weight is 626 g/mol. The molecule has 4 aromatic carbocycles. The van der Waals surface area contributed by atoms with Gasteiger partial charge in [-0.3, -0.25) is 9.98 Å². The molecule has 0 bridgehead atoms. The normalized spacial score (nSPS) is 12.0. The van der Waals surface area contributed by atoms with Crippen molar-refractivity contribution in [1.82, 2.24) is 0 Å². The van der Waals surface area contributed by atoms with Crippen LogP contribution >= 0.6 is 0 Å². The number of nitrogens with zero attached hydrogens (tertiary/aromatic N) is 2. The van der Waals surface area contributed by atoms with Crippen molar-refractivity contribution in [2.24, 2.45) is 9.98 Å². The first kappa shape index (κ1) is 34.5. The van der Waals surface area contributed by atoms with Gasteiger partial charge >= 0.3 is 11.9 Å². The smallest absolute Gasteiger partial charge is 0.330 e. The van der Waals surface area contributed by atoms with Gasteiger partial charge < -0.3 is 19.7 Å². The fourth-order valence-electron chi connectivity index (χ4n) is 3.87. The van der Waals surface area contributed by atoms with Crippen molar-refractivity contribution in [3.05, 3.63) is 131 Å². The van der Waals surface area contributed by atoms with E-state index in [1.807, 2.05) is 60.7 Å². The van der Waals surface area contributed by atoms with Crippen molar-refractivity contribution in [2.45, 2.75) is 24.9 Å². The van der Waals surface area contributed by atoms with Gasteiger partial charge in [-0.15, -0.1) is 0 Å². The monoisotopic (exact) mass is 625 g/mol. The van der Waals surface area contributed by atoms with Crippen LogP contribution in [0.25, 0.3) is 0 Å². The maximum atomic E-state index is 11.8. The molecule has 0 saturated carbocycles. The van der Waals surface area contributed by atoms with Crippen LogP contribution in [0.5, 0.6) is 11.5 Å². The molecular formula is C34H34CoN2O6. The zero-order chi connectivity index (χ0) is 30.2. The van der Waals surface area contributed by atoms with E-state index in [-0.39, 0.29) is 28.3 Å². The van der Waals surface area contributed by atoms with Gasteiger partial charge in [0.2, 0.25) is 0 Å². The van der Waals surface area contributed by atoms with E-state index < -0.39 is 24.0 Å². The van der Waals surface area contributed by atoms with Gasteiger partial charge in [0, 0.05) is 53.2 Å². The molecule has 4 aromatic rings. The van der Waals surface area contributed by atoms with Crippen LogP contribution in [0, 0.1) is 0 Å². The SMILES string of the molecule is COC(=O)C(Cc1ccccc1)N=Cc1ccccc1O.COC(=O)C(Cc1ccccc1)N=Cc1ccccc1O.[Co]. The number of carbonyl (C=O) groups excluding carboxylic acids is 2. The van der Waals surface area contributed by atoms with Crippen molar-refractivity contribution < 1.29 is 46.1 Å². The van der Waals surface area contributed by atoms with Crippen LogP contribution in [0.15, 0.2) is 119 Å². The number of phenolic OH excluding ortho intramolecular Hbond substituents is 2. The van der Waals surface area contributed by atoms with Crippen molar-refractivity contribution in [3.8, 4) is 11.5 Å². The minimum Gasteiger partial charge on any atom is -0.507 e. The summed E-state index contributed by atoms with van der Waals surface area (Å²) in [7, 11) is 2.69. The molecule has 0 heterocycles. The number of aliphatic imine (C=N–C) groups is 2. The summed E-state index contributed by atoms with van der Waals surface area (Å²) in [5.74, 6) is -0.537. The Labute approximate surface area is 262 Å². The van der Waals surface area contributed by atoms with Gasteiger partial charge in [0.1, 0.15) is 11.5 Å². The van der Waals surface area contributed by atoms with E-state index in [4.69, 9.17) is 9.47 Å². The number of para-hydroxylation sites is 2. The maximum Gasteiger partial charge on any atom is 0.330 e. The van der Waals surface area contributed by atoms with E-state index in [1.165, 1.54) is 26.6 Å². The third-order valence-corrected chi connectivity index (χ3v) is 6.15. The van der Waals surface area contributed by atoms with Crippen LogP contribution < -0.4 is 0 Å². The van der Waals surface area contributed by atoms with Gasteiger partial charge in [-0.1, -0.05) is 84.9 Å². The minimum absolute atomic E-state index is 0. The Balaban J connectivity index is 0.000000293. The number of methoxy groups -OCH3 is 2. The molecule has 4 rings (SSSR count). The zero-order valence-electron chi connectivity index (χ0n) is 23.9. The van der Waals surface area contributed by atoms with Crippen molar-refractivity contribution in [1.29, 1.82) is 0 Å². The summed E-state index contributed by atoms with van der Waals surface area (Å²) < 4.78 is 9.58. The van der Waals surface area contributed by atoms with Crippen molar-refractivity contribution in [3.63, 3.8) is 0 Å². The summed E-state index contributed by atoms with van der Waals surface area (Å²) in [4.78, 5) is 32.2. The van der Waals surface area contributed by atoms with Crippen LogP contribution in [0.4, 0.5) is 0 Å². The van der Waals surface area contributed by atoms with Gasteiger partial charge in [-0.25, -0.2) is 9.59 Å². The summed E-state index contributed by atoms with van der Waals surface area (Å²) in [5.41, 5.74) is 3.14. The number of hydrogen-bond donors (Lipinski definition) is 2. The van der Waals surface area contributed by atoms with Crippen LogP contribution in [0.2, 0.25) is 0 Å². The third-order valence-electron chi connectivity index (χ3n) is 6.15. The molecule has 0 aliphatic carbocycles. The molecule has 8 nitrogen and oxygen atoms in total. The Bertz CT molecular complexity index is 1370. The molecule has 0 aliphatic heterocycles. The van der Waals surface area contributed by atoms with E-state index in [0.29, 0.717) is 24.0 Å². The summed E-state index contributed by atoms with van der Waals surface area (Å²) in [6.07, 6.45) is 3.91. The Morgan fingerprint density at radius 3 is 1.26 bits per heavy atom. The number of rotatable bonds is 10.